The SMILES string of the molecule is COc1ccc([C@@]23C=C[C@H](O)C[C@@H]2N(C)CC3)cc1OCC1CC1. The first-order valence-corrected chi connectivity index (χ1v) is 9.01. The van der Waals surface area contributed by atoms with Gasteiger partial charge in [-0.25, -0.2) is 0 Å². The third-order valence-corrected chi connectivity index (χ3v) is 5.96. The average Bonchev–Trinajstić information content (AvgIpc) is 3.37. The van der Waals surface area contributed by atoms with Crippen molar-refractivity contribution >= 4 is 0 Å². The van der Waals surface area contributed by atoms with Gasteiger partial charge in [0.05, 0.1) is 19.8 Å². The maximum atomic E-state index is 10.1. The van der Waals surface area contributed by atoms with Gasteiger partial charge in [0.15, 0.2) is 11.5 Å². The van der Waals surface area contributed by atoms with Crippen molar-refractivity contribution in [2.75, 3.05) is 27.3 Å². The van der Waals surface area contributed by atoms with Crippen LogP contribution in [0.25, 0.3) is 0 Å². The van der Waals surface area contributed by atoms with Crippen LogP contribution in [0.15, 0.2) is 30.4 Å². The van der Waals surface area contributed by atoms with Crippen molar-refractivity contribution in [2.24, 2.45) is 5.92 Å². The van der Waals surface area contributed by atoms with E-state index in [0.717, 1.165) is 37.5 Å². The van der Waals surface area contributed by atoms with Gasteiger partial charge >= 0.3 is 0 Å². The summed E-state index contributed by atoms with van der Waals surface area (Å²) in [5, 5.41) is 10.1. The van der Waals surface area contributed by atoms with Crippen LogP contribution < -0.4 is 9.47 Å². The molecule has 0 aromatic heterocycles. The third-order valence-electron chi connectivity index (χ3n) is 5.96. The zero-order valence-electron chi connectivity index (χ0n) is 14.6. The Balaban J connectivity index is 1.69. The largest absolute Gasteiger partial charge is 0.493 e. The number of likely N-dealkylation sites (tertiary alicyclic amines) is 1. The van der Waals surface area contributed by atoms with E-state index in [1.165, 1.54) is 18.4 Å². The lowest BCUT2D eigenvalue weighted by Gasteiger charge is -2.39. The molecule has 0 spiro atoms. The molecular weight excluding hydrogens is 302 g/mol. The predicted molar refractivity (Wildman–Crippen MR) is 93.7 cm³/mol. The first-order chi connectivity index (χ1) is 11.6. The Hall–Kier alpha value is -1.52. The molecule has 4 nitrogen and oxygen atoms in total. The Labute approximate surface area is 144 Å². The fourth-order valence-corrected chi connectivity index (χ4v) is 4.26. The number of nitrogens with zero attached hydrogens (tertiary/aromatic N) is 1. The highest BCUT2D eigenvalue weighted by Crippen LogP contribution is 2.47. The van der Waals surface area contributed by atoms with Gasteiger partial charge in [-0.15, -0.1) is 0 Å². The molecule has 0 amide bonds. The van der Waals surface area contributed by atoms with E-state index in [-0.39, 0.29) is 11.5 Å². The summed E-state index contributed by atoms with van der Waals surface area (Å²) < 4.78 is 11.6. The van der Waals surface area contributed by atoms with Crippen LogP contribution in [0.2, 0.25) is 0 Å². The van der Waals surface area contributed by atoms with E-state index in [1.807, 2.05) is 12.1 Å². The molecule has 0 bridgehead atoms. The quantitative estimate of drug-likeness (QED) is 0.844. The number of benzene rings is 1. The first-order valence-electron chi connectivity index (χ1n) is 9.01. The van der Waals surface area contributed by atoms with Gasteiger partial charge in [-0.3, -0.25) is 0 Å². The van der Waals surface area contributed by atoms with Gasteiger partial charge in [-0.1, -0.05) is 18.2 Å². The molecule has 1 N–H and O–H groups in total. The second kappa shape index (κ2) is 6.08. The summed E-state index contributed by atoms with van der Waals surface area (Å²) in [6.07, 6.45) is 8.27. The molecular formula is C20H27NO3. The molecule has 3 atom stereocenters. The van der Waals surface area contributed by atoms with Crippen LogP contribution in [0, 0.1) is 5.92 Å². The number of ether oxygens (including phenoxy) is 2. The summed E-state index contributed by atoms with van der Waals surface area (Å²) in [5.74, 6) is 2.37. The lowest BCUT2D eigenvalue weighted by molar-refractivity contribution is 0.137. The molecule has 4 rings (SSSR count). The zero-order chi connectivity index (χ0) is 16.7. The van der Waals surface area contributed by atoms with E-state index in [1.54, 1.807) is 7.11 Å². The van der Waals surface area contributed by atoms with E-state index >= 15 is 0 Å². The van der Waals surface area contributed by atoms with Crippen molar-refractivity contribution in [1.29, 1.82) is 0 Å². The van der Waals surface area contributed by atoms with Gasteiger partial charge < -0.3 is 19.5 Å². The molecule has 1 saturated carbocycles. The molecule has 2 fully saturated rings. The maximum Gasteiger partial charge on any atom is 0.161 e. The smallest absolute Gasteiger partial charge is 0.161 e. The van der Waals surface area contributed by atoms with Gasteiger partial charge in [0, 0.05) is 11.5 Å². The molecule has 0 radical (unpaired) electrons. The third kappa shape index (κ3) is 2.72. The Morgan fingerprint density at radius 2 is 2.12 bits per heavy atom. The van der Waals surface area contributed by atoms with Crippen LogP contribution in [0.3, 0.4) is 0 Å². The average molecular weight is 329 g/mol. The molecule has 24 heavy (non-hydrogen) atoms. The van der Waals surface area contributed by atoms with E-state index in [2.05, 4.69) is 30.2 Å². The first kappa shape index (κ1) is 16.0. The molecule has 3 aliphatic rings. The van der Waals surface area contributed by atoms with Gasteiger partial charge in [-0.05, 0) is 62.9 Å². The summed E-state index contributed by atoms with van der Waals surface area (Å²) in [6, 6.07) is 6.69. The van der Waals surface area contributed by atoms with Crippen molar-refractivity contribution in [2.45, 2.75) is 43.2 Å². The van der Waals surface area contributed by atoms with Crippen LogP contribution >= 0.6 is 0 Å². The number of hydrogen-bond acceptors (Lipinski definition) is 4. The number of aliphatic hydroxyl groups is 1. The minimum absolute atomic E-state index is 0.0298. The second-order valence-electron chi connectivity index (χ2n) is 7.57. The van der Waals surface area contributed by atoms with Gasteiger partial charge in [0.1, 0.15) is 0 Å². The van der Waals surface area contributed by atoms with Gasteiger partial charge in [-0.2, -0.15) is 0 Å². The zero-order valence-corrected chi connectivity index (χ0v) is 14.6. The van der Waals surface area contributed by atoms with Crippen LogP contribution in [-0.4, -0.2) is 49.5 Å². The molecule has 1 aliphatic heterocycles. The standard InChI is InChI=1S/C20H27NO3/c1-21-10-9-20(8-7-16(22)12-19(20)21)15-5-6-17(23-2)18(11-15)24-13-14-3-4-14/h5-8,11,14,16,19,22H,3-4,9-10,12-13H2,1-2H3/t16-,19-,20-/m0/s1. The van der Waals surface area contributed by atoms with E-state index < -0.39 is 0 Å². The molecule has 1 heterocycles. The molecule has 1 aromatic carbocycles. The van der Waals surface area contributed by atoms with E-state index in [0.29, 0.717) is 12.0 Å². The molecule has 1 aromatic rings. The van der Waals surface area contributed by atoms with Crippen molar-refractivity contribution in [1.82, 2.24) is 4.90 Å². The van der Waals surface area contributed by atoms with Gasteiger partial charge in [0.2, 0.25) is 0 Å². The summed E-state index contributed by atoms with van der Waals surface area (Å²) in [5.41, 5.74) is 1.24. The molecule has 0 unspecified atom stereocenters. The van der Waals surface area contributed by atoms with Crippen molar-refractivity contribution in [3.8, 4) is 11.5 Å². The van der Waals surface area contributed by atoms with Crippen LogP contribution in [-0.2, 0) is 5.41 Å². The topological polar surface area (TPSA) is 41.9 Å². The Bertz CT molecular complexity index is 640. The minimum Gasteiger partial charge on any atom is -0.493 e. The Morgan fingerprint density at radius 1 is 1.29 bits per heavy atom. The normalized spacial score (nSPS) is 32.6. The van der Waals surface area contributed by atoms with Gasteiger partial charge in [0.25, 0.3) is 0 Å². The number of likely N-dealkylation sites (N-methyl/N-ethyl adjacent to an activating group) is 1. The highest BCUT2D eigenvalue weighted by Gasteiger charge is 2.48. The highest BCUT2D eigenvalue weighted by atomic mass is 16.5. The Morgan fingerprint density at radius 3 is 2.88 bits per heavy atom. The van der Waals surface area contributed by atoms with E-state index in [4.69, 9.17) is 9.47 Å². The molecule has 1 saturated heterocycles. The fourth-order valence-electron chi connectivity index (χ4n) is 4.26. The monoisotopic (exact) mass is 329 g/mol. The summed E-state index contributed by atoms with van der Waals surface area (Å²) >= 11 is 0. The maximum absolute atomic E-state index is 10.1. The lowest BCUT2D eigenvalue weighted by Crippen LogP contribution is -2.44. The number of rotatable bonds is 5. The number of aliphatic hydroxyl groups excluding tert-OH is 1. The Kier molecular flexibility index (Phi) is 4.05. The lowest BCUT2D eigenvalue weighted by atomic mass is 9.69. The molecule has 130 valence electrons. The molecule has 2 aliphatic carbocycles. The van der Waals surface area contributed by atoms with Crippen LogP contribution in [0.5, 0.6) is 11.5 Å². The fraction of sp³-hybridized carbons (Fsp3) is 0.600. The van der Waals surface area contributed by atoms with Crippen LogP contribution in [0.4, 0.5) is 0 Å². The second-order valence-corrected chi connectivity index (χ2v) is 7.57. The van der Waals surface area contributed by atoms with E-state index in [9.17, 15) is 5.11 Å². The van der Waals surface area contributed by atoms with Crippen molar-refractivity contribution in [3.05, 3.63) is 35.9 Å². The predicted octanol–water partition coefficient (Wildman–Crippen LogP) is 2.75. The number of fused-ring (bicyclic) bond motifs is 1. The highest BCUT2D eigenvalue weighted by molar-refractivity contribution is 5.48. The number of methoxy groups -OCH3 is 1. The summed E-state index contributed by atoms with van der Waals surface area (Å²) in [7, 11) is 3.85. The minimum atomic E-state index is -0.340. The number of hydrogen-bond donors (Lipinski definition) is 1. The van der Waals surface area contributed by atoms with Crippen molar-refractivity contribution in [3.63, 3.8) is 0 Å². The van der Waals surface area contributed by atoms with Crippen molar-refractivity contribution < 1.29 is 14.6 Å². The molecule has 4 heteroatoms. The summed E-state index contributed by atoms with van der Waals surface area (Å²) in [4.78, 5) is 2.38. The van der Waals surface area contributed by atoms with Crippen LogP contribution in [0.1, 0.15) is 31.2 Å². The summed E-state index contributed by atoms with van der Waals surface area (Å²) in [6.45, 7) is 1.83.